The van der Waals surface area contributed by atoms with Gasteiger partial charge >= 0.3 is 0 Å². The Morgan fingerprint density at radius 3 is 2.59 bits per heavy atom. The molecule has 9 heteroatoms. The molecule has 1 fully saturated rings. The number of hydrogen-bond donors (Lipinski definition) is 1. The zero-order chi connectivity index (χ0) is 23.7. The Balaban J connectivity index is 1.31. The first kappa shape index (κ1) is 22.2. The van der Waals surface area contributed by atoms with Gasteiger partial charge in [0, 0.05) is 49.1 Å². The van der Waals surface area contributed by atoms with Gasteiger partial charge in [0.25, 0.3) is 11.8 Å². The number of nitrogens with zero attached hydrogens (tertiary/aromatic N) is 4. The van der Waals surface area contributed by atoms with Gasteiger partial charge in [0.05, 0.1) is 12.8 Å². The van der Waals surface area contributed by atoms with E-state index in [9.17, 15) is 4.79 Å². The fourth-order valence-corrected chi connectivity index (χ4v) is 4.37. The molecule has 1 amide bonds. The van der Waals surface area contributed by atoms with Crippen LogP contribution in [-0.4, -0.2) is 67.4 Å². The van der Waals surface area contributed by atoms with Crippen molar-refractivity contribution in [3.63, 3.8) is 0 Å². The van der Waals surface area contributed by atoms with Crippen molar-refractivity contribution in [1.29, 1.82) is 0 Å². The Morgan fingerprint density at radius 2 is 1.91 bits per heavy atom. The third kappa shape index (κ3) is 4.56. The molecule has 0 saturated carbocycles. The van der Waals surface area contributed by atoms with E-state index in [-0.39, 0.29) is 5.91 Å². The van der Waals surface area contributed by atoms with Gasteiger partial charge < -0.3 is 29.1 Å². The number of rotatable bonds is 5. The van der Waals surface area contributed by atoms with Crippen molar-refractivity contribution in [2.75, 3.05) is 50.6 Å². The van der Waals surface area contributed by atoms with Gasteiger partial charge in [0.1, 0.15) is 11.5 Å². The standard InChI is InChI=1S/C25H29N5O4/c1-16-26-25(34-28-16)17-4-7-19(8-5-17)27-24(31)22-9-6-18-14-20(32-3)15-21(23(18)33-22)30-12-10-29(2)11-13-30/h4-5,7-8,14-15,22H,6,9-13H2,1-3H3,(H,27,31)/t22-/m0/s1. The number of amides is 1. The van der Waals surface area contributed by atoms with Gasteiger partial charge in [0.15, 0.2) is 11.9 Å². The molecular weight excluding hydrogens is 434 g/mol. The molecule has 0 bridgehead atoms. The van der Waals surface area contributed by atoms with Crippen molar-refractivity contribution in [1.82, 2.24) is 15.0 Å². The smallest absolute Gasteiger partial charge is 0.265 e. The van der Waals surface area contributed by atoms with E-state index in [2.05, 4.69) is 32.3 Å². The van der Waals surface area contributed by atoms with Crippen LogP contribution >= 0.6 is 0 Å². The van der Waals surface area contributed by atoms with Crippen LogP contribution in [0.1, 0.15) is 17.8 Å². The van der Waals surface area contributed by atoms with E-state index in [1.54, 1.807) is 14.0 Å². The molecule has 1 atom stereocenters. The van der Waals surface area contributed by atoms with Gasteiger partial charge in [-0.25, -0.2) is 0 Å². The van der Waals surface area contributed by atoms with E-state index in [0.29, 0.717) is 23.8 Å². The fraction of sp³-hybridized carbons (Fsp3) is 0.400. The molecule has 5 rings (SSSR count). The minimum Gasteiger partial charge on any atom is -0.497 e. The number of anilines is 2. The fourth-order valence-electron chi connectivity index (χ4n) is 4.37. The molecule has 3 heterocycles. The molecule has 1 N–H and O–H groups in total. The molecule has 2 aliphatic rings. The predicted octanol–water partition coefficient (Wildman–Crippen LogP) is 3.14. The maximum atomic E-state index is 13.1. The zero-order valence-corrected chi connectivity index (χ0v) is 19.7. The van der Waals surface area contributed by atoms with Gasteiger partial charge in [-0.15, -0.1) is 0 Å². The Bertz CT molecular complexity index is 1170. The maximum Gasteiger partial charge on any atom is 0.265 e. The van der Waals surface area contributed by atoms with E-state index in [1.807, 2.05) is 36.4 Å². The number of aryl methyl sites for hydroxylation is 2. The SMILES string of the molecule is COc1cc2c(c(N3CCN(C)CC3)c1)O[C@H](C(=O)Nc1ccc(-c3nc(C)no3)cc1)CC2. The molecule has 0 unspecified atom stereocenters. The summed E-state index contributed by atoms with van der Waals surface area (Å²) in [6, 6.07) is 11.4. The first-order chi connectivity index (χ1) is 16.5. The lowest BCUT2D eigenvalue weighted by Crippen LogP contribution is -2.45. The Labute approximate surface area is 198 Å². The maximum absolute atomic E-state index is 13.1. The molecule has 178 valence electrons. The summed E-state index contributed by atoms with van der Waals surface area (Å²) < 4.78 is 17.1. The van der Waals surface area contributed by atoms with Gasteiger partial charge in [0.2, 0.25) is 0 Å². The first-order valence-corrected chi connectivity index (χ1v) is 11.5. The highest BCUT2D eigenvalue weighted by atomic mass is 16.5. The van der Waals surface area contributed by atoms with E-state index in [0.717, 1.165) is 60.9 Å². The molecule has 0 aliphatic carbocycles. The van der Waals surface area contributed by atoms with Gasteiger partial charge in [-0.2, -0.15) is 4.98 Å². The van der Waals surface area contributed by atoms with Crippen molar-refractivity contribution in [3.8, 4) is 23.0 Å². The molecule has 0 spiro atoms. The minimum absolute atomic E-state index is 0.160. The van der Waals surface area contributed by atoms with Crippen LogP contribution in [0.25, 0.3) is 11.5 Å². The van der Waals surface area contributed by atoms with Crippen molar-refractivity contribution >= 4 is 17.3 Å². The van der Waals surface area contributed by atoms with Crippen molar-refractivity contribution in [2.45, 2.75) is 25.9 Å². The number of likely N-dealkylation sites (N-methyl/N-ethyl adjacent to an activating group) is 1. The third-order valence-electron chi connectivity index (χ3n) is 6.35. The summed E-state index contributed by atoms with van der Waals surface area (Å²) in [5, 5.41) is 6.79. The Kier molecular flexibility index (Phi) is 6.10. The predicted molar refractivity (Wildman–Crippen MR) is 129 cm³/mol. The summed E-state index contributed by atoms with van der Waals surface area (Å²) in [7, 11) is 3.81. The van der Waals surface area contributed by atoms with E-state index in [1.165, 1.54) is 0 Å². The summed E-state index contributed by atoms with van der Waals surface area (Å²) in [5.41, 5.74) is 3.57. The highest BCUT2D eigenvalue weighted by Crippen LogP contribution is 2.41. The molecule has 0 radical (unpaired) electrons. The number of benzene rings is 2. The highest BCUT2D eigenvalue weighted by Gasteiger charge is 2.31. The number of ether oxygens (including phenoxy) is 2. The summed E-state index contributed by atoms with van der Waals surface area (Å²) in [4.78, 5) is 21.9. The van der Waals surface area contributed by atoms with E-state index in [4.69, 9.17) is 14.0 Å². The first-order valence-electron chi connectivity index (χ1n) is 11.5. The van der Waals surface area contributed by atoms with Crippen LogP contribution in [0.15, 0.2) is 40.9 Å². The van der Waals surface area contributed by atoms with Crippen LogP contribution in [-0.2, 0) is 11.2 Å². The van der Waals surface area contributed by atoms with Crippen LogP contribution in [0.5, 0.6) is 11.5 Å². The lowest BCUT2D eigenvalue weighted by molar-refractivity contribution is -0.123. The lowest BCUT2D eigenvalue weighted by atomic mass is 9.99. The lowest BCUT2D eigenvalue weighted by Gasteiger charge is -2.37. The number of fused-ring (bicyclic) bond motifs is 1. The van der Waals surface area contributed by atoms with Crippen molar-refractivity contribution < 1.29 is 18.8 Å². The molecule has 3 aromatic rings. The van der Waals surface area contributed by atoms with Gasteiger partial charge in [-0.3, -0.25) is 4.79 Å². The number of methoxy groups -OCH3 is 1. The second kappa shape index (κ2) is 9.34. The average Bonchev–Trinajstić information content (AvgIpc) is 3.30. The average molecular weight is 464 g/mol. The second-order valence-electron chi connectivity index (χ2n) is 8.78. The van der Waals surface area contributed by atoms with Crippen LogP contribution in [0.3, 0.4) is 0 Å². The molecular formula is C25H29N5O4. The van der Waals surface area contributed by atoms with Crippen LogP contribution in [0.2, 0.25) is 0 Å². The summed E-state index contributed by atoms with van der Waals surface area (Å²) in [5.74, 6) is 2.48. The number of carbonyl (C=O) groups is 1. The van der Waals surface area contributed by atoms with Gasteiger partial charge in [-0.1, -0.05) is 5.16 Å². The Hall–Kier alpha value is -3.59. The van der Waals surface area contributed by atoms with Crippen LogP contribution in [0.4, 0.5) is 11.4 Å². The molecule has 1 aromatic heterocycles. The summed E-state index contributed by atoms with van der Waals surface area (Å²) >= 11 is 0. The molecule has 1 saturated heterocycles. The zero-order valence-electron chi connectivity index (χ0n) is 19.7. The topological polar surface area (TPSA) is 93.0 Å². The largest absolute Gasteiger partial charge is 0.497 e. The summed E-state index contributed by atoms with van der Waals surface area (Å²) in [6.45, 7) is 5.55. The van der Waals surface area contributed by atoms with E-state index >= 15 is 0 Å². The molecule has 9 nitrogen and oxygen atoms in total. The number of piperazine rings is 1. The van der Waals surface area contributed by atoms with Crippen LogP contribution in [0, 0.1) is 6.92 Å². The van der Waals surface area contributed by atoms with E-state index < -0.39 is 6.10 Å². The molecule has 34 heavy (non-hydrogen) atoms. The Morgan fingerprint density at radius 1 is 1.15 bits per heavy atom. The molecule has 2 aromatic carbocycles. The van der Waals surface area contributed by atoms with Crippen molar-refractivity contribution in [3.05, 3.63) is 47.8 Å². The van der Waals surface area contributed by atoms with Gasteiger partial charge in [-0.05, 0) is 57.1 Å². The summed E-state index contributed by atoms with van der Waals surface area (Å²) in [6.07, 6.45) is 0.791. The number of carbonyl (C=O) groups excluding carboxylic acids is 1. The number of aromatic nitrogens is 2. The normalized spacial score (nSPS) is 18.2. The van der Waals surface area contributed by atoms with Crippen LogP contribution < -0.4 is 19.7 Å². The number of nitrogens with one attached hydrogen (secondary N) is 1. The highest BCUT2D eigenvalue weighted by molar-refractivity contribution is 5.95. The van der Waals surface area contributed by atoms with Crippen molar-refractivity contribution in [2.24, 2.45) is 0 Å². The third-order valence-corrected chi connectivity index (χ3v) is 6.35. The second-order valence-corrected chi connectivity index (χ2v) is 8.78. The quantitative estimate of drug-likeness (QED) is 0.617. The number of hydrogen-bond acceptors (Lipinski definition) is 8. The minimum atomic E-state index is -0.564. The monoisotopic (exact) mass is 463 g/mol. The molecule has 2 aliphatic heterocycles.